The molecule has 0 radical (unpaired) electrons. The molecule has 0 bridgehead atoms. The second-order valence-corrected chi connectivity index (χ2v) is 10.9. The second-order valence-electron chi connectivity index (χ2n) is 10.9. The number of Topliss-reactive ketones (excluding diaryl/α,β-unsaturated/α-hetero) is 1. The zero-order chi connectivity index (χ0) is 28.5. The molecule has 0 spiro atoms. The lowest BCUT2D eigenvalue weighted by atomic mass is 9.94. The van der Waals surface area contributed by atoms with Crippen molar-refractivity contribution in [1.29, 1.82) is 0 Å². The van der Waals surface area contributed by atoms with Gasteiger partial charge < -0.3 is 4.90 Å². The van der Waals surface area contributed by atoms with E-state index in [2.05, 4.69) is 21.8 Å². The number of pyridine rings is 1. The molecule has 0 N–H and O–H groups in total. The second kappa shape index (κ2) is 11.3. The van der Waals surface area contributed by atoms with Crippen molar-refractivity contribution in [3.8, 4) is 0 Å². The van der Waals surface area contributed by atoms with Crippen LogP contribution in [0.3, 0.4) is 0 Å². The minimum atomic E-state index is -4.69. The monoisotopic (exact) mass is 561 g/mol. The number of ketones is 1. The van der Waals surface area contributed by atoms with Gasteiger partial charge in [-0.2, -0.15) is 13.2 Å². The molecule has 2 aliphatic rings. The Kier molecular flexibility index (Phi) is 8.03. The van der Waals surface area contributed by atoms with Gasteiger partial charge in [0.15, 0.2) is 5.78 Å². The van der Waals surface area contributed by atoms with E-state index < -0.39 is 24.0 Å². The van der Waals surface area contributed by atoms with Gasteiger partial charge in [0, 0.05) is 80.4 Å². The molecule has 5 rings (SSSR count). The van der Waals surface area contributed by atoms with Crippen LogP contribution < -0.4 is 4.90 Å². The number of fused-ring (bicyclic) bond motifs is 1. The summed E-state index contributed by atoms with van der Waals surface area (Å²) in [5.74, 6) is -2.72. The summed E-state index contributed by atoms with van der Waals surface area (Å²) in [5.41, 5.74) is 1.59. The number of hydrogen-bond donors (Lipinski definition) is 0. The van der Waals surface area contributed by atoms with Gasteiger partial charge >= 0.3 is 6.18 Å². The first-order valence-electron chi connectivity index (χ1n) is 13.7. The largest absolute Gasteiger partial charge is 0.451 e. The summed E-state index contributed by atoms with van der Waals surface area (Å²) < 4.78 is 66.7. The number of anilines is 1. The number of halogens is 5. The quantitative estimate of drug-likeness (QED) is 0.236. The lowest BCUT2D eigenvalue weighted by molar-refractivity contribution is -0.145. The first-order chi connectivity index (χ1) is 19.0. The Morgan fingerprint density at radius 2 is 1.80 bits per heavy atom. The standard InChI is InChI=1S/C29H32F5N5O/c1-19-4-3-13-39(18-19)26-10-7-21-22(5-2-6-23(21)37-26)25(40)9-8-24(38-14-11-28(30,31)12-15-38)20-16-35-27(36-17-20)29(32,33)34/h2,5-7,10,16-17,19,24H,3-4,8-9,11-15,18H2,1H3. The summed E-state index contributed by atoms with van der Waals surface area (Å²) >= 11 is 0. The molecule has 2 saturated heterocycles. The molecule has 40 heavy (non-hydrogen) atoms. The summed E-state index contributed by atoms with van der Waals surface area (Å²) in [4.78, 5) is 29.2. The SMILES string of the molecule is CC1CCCN(c2ccc3c(C(=O)CCC(c4cnc(C(F)(F)F)nc4)N4CCC(F)(F)CC4)cccc3n2)C1. The Balaban J connectivity index is 1.35. The molecule has 1 aromatic carbocycles. The highest BCUT2D eigenvalue weighted by molar-refractivity contribution is 6.07. The maximum atomic E-state index is 13.8. The lowest BCUT2D eigenvalue weighted by Crippen LogP contribution is -2.41. The minimum absolute atomic E-state index is 0.0585. The average Bonchev–Trinajstić information content (AvgIpc) is 2.93. The van der Waals surface area contributed by atoms with Crippen molar-refractivity contribution in [1.82, 2.24) is 19.9 Å². The molecule has 11 heteroatoms. The molecule has 2 unspecified atom stereocenters. The van der Waals surface area contributed by atoms with Crippen LogP contribution in [0.4, 0.5) is 27.8 Å². The highest BCUT2D eigenvalue weighted by Crippen LogP contribution is 2.35. The molecular weight excluding hydrogens is 529 g/mol. The first kappa shape index (κ1) is 28.3. The van der Waals surface area contributed by atoms with E-state index in [1.807, 2.05) is 18.2 Å². The van der Waals surface area contributed by atoms with E-state index in [4.69, 9.17) is 4.98 Å². The van der Waals surface area contributed by atoms with Gasteiger partial charge in [-0.1, -0.05) is 19.1 Å². The Morgan fingerprint density at radius 3 is 2.48 bits per heavy atom. The predicted octanol–water partition coefficient (Wildman–Crippen LogP) is 6.72. The van der Waals surface area contributed by atoms with E-state index >= 15 is 0 Å². The van der Waals surface area contributed by atoms with Crippen molar-refractivity contribution in [2.24, 2.45) is 5.92 Å². The Labute approximate surface area is 229 Å². The molecule has 6 nitrogen and oxygen atoms in total. The number of benzene rings is 1. The van der Waals surface area contributed by atoms with Gasteiger partial charge in [-0.25, -0.2) is 23.7 Å². The molecule has 2 aliphatic heterocycles. The fourth-order valence-corrected chi connectivity index (χ4v) is 5.74. The molecular formula is C29H32F5N5O. The van der Waals surface area contributed by atoms with Gasteiger partial charge in [0.2, 0.25) is 5.82 Å². The van der Waals surface area contributed by atoms with Crippen molar-refractivity contribution >= 4 is 22.5 Å². The lowest BCUT2D eigenvalue weighted by Gasteiger charge is -2.37. The van der Waals surface area contributed by atoms with E-state index in [0.717, 1.165) is 43.1 Å². The van der Waals surface area contributed by atoms with Crippen LogP contribution in [-0.2, 0) is 6.18 Å². The van der Waals surface area contributed by atoms with Crippen molar-refractivity contribution in [3.05, 3.63) is 59.7 Å². The van der Waals surface area contributed by atoms with E-state index in [9.17, 15) is 26.7 Å². The van der Waals surface area contributed by atoms with Crippen LogP contribution >= 0.6 is 0 Å². The van der Waals surface area contributed by atoms with Crippen molar-refractivity contribution < 1.29 is 26.7 Å². The first-order valence-corrected chi connectivity index (χ1v) is 13.7. The molecule has 214 valence electrons. The van der Waals surface area contributed by atoms with Gasteiger partial charge in [-0.15, -0.1) is 0 Å². The van der Waals surface area contributed by atoms with Crippen LogP contribution in [0.15, 0.2) is 42.7 Å². The van der Waals surface area contributed by atoms with Crippen LogP contribution in [0, 0.1) is 5.92 Å². The molecule has 4 heterocycles. The third-order valence-corrected chi connectivity index (χ3v) is 7.92. The van der Waals surface area contributed by atoms with E-state index in [-0.39, 0.29) is 44.6 Å². The minimum Gasteiger partial charge on any atom is -0.356 e. The summed E-state index contributed by atoms with van der Waals surface area (Å²) in [6.07, 6.45) is -0.619. The summed E-state index contributed by atoms with van der Waals surface area (Å²) in [6, 6.07) is 8.69. The average molecular weight is 562 g/mol. The smallest absolute Gasteiger partial charge is 0.356 e. The molecule has 2 aromatic heterocycles. The third-order valence-electron chi connectivity index (χ3n) is 7.92. The number of hydrogen-bond acceptors (Lipinski definition) is 6. The topological polar surface area (TPSA) is 62.2 Å². The predicted molar refractivity (Wildman–Crippen MR) is 141 cm³/mol. The van der Waals surface area contributed by atoms with Crippen LogP contribution in [0.1, 0.15) is 73.2 Å². The molecule has 0 saturated carbocycles. The summed E-state index contributed by atoms with van der Waals surface area (Å²) in [5, 5.41) is 0.730. The number of carbonyl (C=O) groups is 1. The van der Waals surface area contributed by atoms with Gasteiger partial charge in [-0.05, 0) is 43.4 Å². The van der Waals surface area contributed by atoms with Gasteiger partial charge in [0.25, 0.3) is 5.92 Å². The zero-order valence-corrected chi connectivity index (χ0v) is 22.3. The number of likely N-dealkylation sites (tertiary alicyclic amines) is 1. The third kappa shape index (κ3) is 6.40. The number of alkyl halides is 5. The van der Waals surface area contributed by atoms with Crippen molar-refractivity contribution in [3.63, 3.8) is 0 Å². The number of piperidine rings is 2. The normalized spacial score (nSPS) is 20.9. The maximum Gasteiger partial charge on any atom is 0.451 e. The zero-order valence-electron chi connectivity index (χ0n) is 22.3. The van der Waals surface area contributed by atoms with E-state index in [1.165, 1.54) is 6.42 Å². The highest BCUT2D eigenvalue weighted by Gasteiger charge is 2.38. The molecule has 0 amide bonds. The molecule has 3 aromatic rings. The summed E-state index contributed by atoms with van der Waals surface area (Å²) in [7, 11) is 0. The van der Waals surface area contributed by atoms with E-state index in [0.29, 0.717) is 22.6 Å². The van der Waals surface area contributed by atoms with Crippen molar-refractivity contribution in [2.75, 3.05) is 31.1 Å². The summed E-state index contributed by atoms with van der Waals surface area (Å²) in [6.45, 7) is 4.23. The number of aromatic nitrogens is 3. The van der Waals surface area contributed by atoms with Gasteiger partial charge in [0.1, 0.15) is 5.82 Å². The van der Waals surface area contributed by atoms with Crippen molar-refractivity contribution in [2.45, 2.75) is 63.6 Å². The Bertz CT molecular complexity index is 1340. The van der Waals surface area contributed by atoms with Crippen LogP contribution in [-0.4, -0.2) is 57.7 Å². The number of nitrogens with zero attached hydrogens (tertiary/aromatic N) is 5. The van der Waals surface area contributed by atoms with Crippen LogP contribution in [0.2, 0.25) is 0 Å². The highest BCUT2D eigenvalue weighted by atomic mass is 19.4. The number of carbonyl (C=O) groups excluding carboxylic acids is 1. The Morgan fingerprint density at radius 1 is 1.07 bits per heavy atom. The fraction of sp³-hybridized carbons (Fsp3) is 0.517. The van der Waals surface area contributed by atoms with Crippen LogP contribution in [0.25, 0.3) is 10.9 Å². The molecule has 0 aliphatic carbocycles. The van der Waals surface area contributed by atoms with E-state index in [1.54, 1.807) is 17.0 Å². The molecule has 2 fully saturated rings. The molecule has 2 atom stereocenters. The maximum absolute atomic E-state index is 13.8. The Hall–Kier alpha value is -3.21. The number of rotatable bonds is 7. The fourth-order valence-electron chi connectivity index (χ4n) is 5.74. The van der Waals surface area contributed by atoms with Crippen LogP contribution in [0.5, 0.6) is 0 Å². The van der Waals surface area contributed by atoms with Gasteiger partial charge in [-0.3, -0.25) is 9.69 Å². The van der Waals surface area contributed by atoms with Gasteiger partial charge in [0.05, 0.1) is 5.52 Å².